The summed E-state index contributed by atoms with van der Waals surface area (Å²) in [6.45, 7) is 4.96. The number of tetrazole rings is 1. The number of hydrogen-bond acceptors (Lipinski definition) is 5. The molecule has 5 aromatic rings. The Labute approximate surface area is 200 Å². The van der Waals surface area contributed by atoms with Crippen molar-refractivity contribution in [3.05, 3.63) is 69.7 Å². The minimum absolute atomic E-state index is 0.378. The monoisotopic (exact) mass is 480 g/mol. The number of fused-ring (bicyclic) bond motifs is 1. The van der Waals surface area contributed by atoms with Crippen LogP contribution in [0.5, 0.6) is 0 Å². The molecule has 0 radical (unpaired) electrons. The summed E-state index contributed by atoms with van der Waals surface area (Å²) >= 11 is 12.7. The van der Waals surface area contributed by atoms with E-state index in [0.717, 1.165) is 53.1 Å². The van der Waals surface area contributed by atoms with E-state index in [1.165, 1.54) is 0 Å². The largest absolute Gasteiger partial charge is 0.311 e. The molecule has 0 saturated carbocycles. The second-order valence-corrected chi connectivity index (χ2v) is 8.71. The van der Waals surface area contributed by atoms with E-state index in [2.05, 4.69) is 56.2 Å². The predicted molar refractivity (Wildman–Crippen MR) is 129 cm³/mol. The lowest BCUT2D eigenvalue weighted by molar-refractivity contribution is 0.686. The van der Waals surface area contributed by atoms with Crippen LogP contribution in [0.2, 0.25) is 10.0 Å². The highest BCUT2D eigenvalue weighted by atomic mass is 35.5. The minimum atomic E-state index is 0.378. The molecule has 0 atom stereocenters. The molecule has 0 spiro atoms. The molecule has 10 heteroatoms. The van der Waals surface area contributed by atoms with Gasteiger partial charge in [-0.2, -0.15) is 5.21 Å². The molecule has 33 heavy (non-hydrogen) atoms. The summed E-state index contributed by atoms with van der Waals surface area (Å²) in [6, 6.07) is 10.2. The van der Waals surface area contributed by atoms with Crippen molar-refractivity contribution in [1.29, 1.82) is 0 Å². The van der Waals surface area contributed by atoms with Gasteiger partial charge in [0.15, 0.2) is 5.65 Å². The number of imidazole rings is 1. The molecule has 0 bridgehead atoms. The Hall–Kier alpha value is -3.23. The van der Waals surface area contributed by atoms with Gasteiger partial charge in [0.05, 0.1) is 16.6 Å². The maximum Gasteiger partial charge on any atom is 0.222 e. The summed E-state index contributed by atoms with van der Waals surface area (Å²) in [5, 5.41) is 15.0. The van der Waals surface area contributed by atoms with Crippen LogP contribution in [0.4, 0.5) is 0 Å². The van der Waals surface area contributed by atoms with E-state index in [1.807, 2.05) is 29.0 Å². The van der Waals surface area contributed by atoms with Crippen molar-refractivity contribution in [3.8, 4) is 17.2 Å². The second kappa shape index (κ2) is 8.96. The van der Waals surface area contributed by atoms with Crippen LogP contribution in [0, 0.1) is 6.92 Å². The second-order valence-electron chi connectivity index (χ2n) is 7.93. The van der Waals surface area contributed by atoms with E-state index in [-0.39, 0.29) is 0 Å². The predicted octanol–water partition coefficient (Wildman–Crippen LogP) is 5.41. The van der Waals surface area contributed by atoms with Crippen LogP contribution >= 0.6 is 23.2 Å². The molecule has 0 unspecified atom stereocenters. The molecule has 8 nitrogen and oxygen atoms in total. The van der Waals surface area contributed by atoms with E-state index >= 15 is 0 Å². The molecule has 0 aliphatic heterocycles. The molecular formula is C23H22Cl2N8. The fraction of sp³-hybridized carbons (Fsp3) is 0.261. The fourth-order valence-electron chi connectivity index (χ4n) is 3.94. The summed E-state index contributed by atoms with van der Waals surface area (Å²) in [7, 11) is 0. The number of benzene rings is 1. The molecule has 0 aliphatic rings. The van der Waals surface area contributed by atoms with Crippen LogP contribution in [-0.2, 0) is 13.0 Å². The molecule has 0 fully saturated rings. The van der Waals surface area contributed by atoms with Crippen molar-refractivity contribution in [2.75, 3.05) is 0 Å². The van der Waals surface area contributed by atoms with Gasteiger partial charge in [0.25, 0.3) is 0 Å². The van der Waals surface area contributed by atoms with Crippen LogP contribution in [0.3, 0.4) is 0 Å². The number of aromatic amines is 1. The molecule has 0 amide bonds. The first-order valence-electron chi connectivity index (χ1n) is 10.8. The van der Waals surface area contributed by atoms with E-state index < -0.39 is 0 Å². The molecule has 168 valence electrons. The zero-order valence-corrected chi connectivity index (χ0v) is 19.8. The zero-order chi connectivity index (χ0) is 22.9. The Morgan fingerprint density at radius 2 is 1.91 bits per heavy atom. The van der Waals surface area contributed by atoms with Crippen LogP contribution in [0.1, 0.15) is 36.7 Å². The zero-order valence-electron chi connectivity index (χ0n) is 18.3. The van der Waals surface area contributed by atoms with Gasteiger partial charge in [0.1, 0.15) is 17.0 Å². The number of nitrogens with one attached hydrogen (secondary N) is 1. The quantitative estimate of drug-likeness (QED) is 0.336. The highest BCUT2D eigenvalue weighted by molar-refractivity contribution is 6.43. The van der Waals surface area contributed by atoms with Gasteiger partial charge in [-0.1, -0.05) is 48.7 Å². The average Bonchev–Trinajstić information content (AvgIpc) is 3.53. The topological polar surface area (TPSA) is 90.1 Å². The van der Waals surface area contributed by atoms with Crippen molar-refractivity contribution < 1.29 is 0 Å². The average molecular weight is 481 g/mol. The van der Waals surface area contributed by atoms with Crippen molar-refractivity contribution in [3.63, 3.8) is 0 Å². The number of H-pyrrole nitrogens is 1. The summed E-state index contributed by atoms with van der Waals surface area (Å²) in [5.41, 5.74) is 5.66. The van der Waals surface area contributed by atoms with Gasteiger partial charge >= 0.3 is 0 Å². The number of aromatic nitrogens is 8. The number of halogens is 2. The molecule has 4 heterocycles. The third-order valence-corrected chi connectivity index (χ3v) is 6.45. The van der Waals surface area contributed by atoms with Gasteiger partial charge in [-0.25, -0.2) is 9.97 Å². The van der Waals surface area contributed by atoms with Crippen LogP contribution in [0.15, 0.2) is 42.7 Å². The van der Waals surface area contributed by atoms with Gasteiger partial charge in [-0.05, 0) is 47.9 Å². The SMILES string of the molecule is CCCCc1nc2c(C)ccnc2n1Cc1ccc(-n2cc(Cl)c(Cl)c2-c2nn[nH]n2)cc1. The van der Waals surface area contributed by atoms with Crippen LogP contribution in [0.25, 0.3) is 28.4 Å². The first-order chi connectivity index (χ1) is 16.1. The Balaban J connectivity index is 1.50. The maximum atomic E-state index is 6.42. The number of rotatable bonds is 7. The van der Waals surface area contributed by atoms with Gasteiger partial charge < -0.3 is 9.13 Å². The first kappa shape index (κ1) is 21.6. The van der Waals surface area contributed by atoms with Crippen molar-refractivity contribution >= 4 is 34.4 Å². The smallest absolute Gasteiger partial charge is 0.222 e. The number of aryl methyl sites for hydroxylation is 2. The number of nitrogens with zero attached hydrogens (tertiary/aromatic N) is 7. The maximum absolute atomic E-state index is 6.42. The van der Waals surface area contributed by atoms with E-state index in [9.17, 15) is 0 Å². The van der Waals surface area contributed by atoms with Crippen LogP contribution < -0.4 is 0 Å². The number of unbranched alkanes of at least 4 members (excludes halogenated alkanes) is 1. The lowest BCUT2D eigenvalue weighted by atomic mass is 10.2. The normalized spacial score (nSPS) is 11.5. The minimum Gasteiger partial charge on any atom is -0.311 e. The Morgan fingerprint density at radius 1 is 1.09 bits per heavy atom. The molecule has 5 rings (SSSR count). The lowest BCUT2D eigenvalue weighted by Gasteiger charge is -2.11. The molecule has 4 aromatic heterocycles. The Kier molecular flexibility index (Phi) is 5.86. The fourth-order valence-corrected chi connectivity index (χ4v) is 4.36. The standard InChI is InChI=1S/C23H22Cl2N8/c1-3-4-5-18-27-20-14(2)10-11-26-23(20)33(18)12-15-6-8-16(9-7-15)32-13-17(24)19(25)21(32)22-28-30-31-29-22/h6-11,13H,3-5,12H2,1-2H3,(H,28,29,30,31). The summed E-state index contributed by atoms with van der Waals surface area (Å²) in [5.74, 6) is 1.45. The molecule has 1 N–H and O–H groups in total. The Morgan fingerprint density at radius 3 is 2.64 bits per heavy atom. The van der Waals surface area contributed by atoms with Crippen molar-refractivity contribution in [1.82, 2.24) is 39.7 Å². The Bertz CT molecular complexity index is 1400. The van der Waals surface area contributed by atoms with Gasteiger partial charge in [0.2, 0.25) is 5.82 Å². The first-order valence-corrected chi connectivity index (χ1v) is 11.5. The highest BCUT2D eigenvalue weighted by Crippen LogP contribution is 2.35. The number of hydrogen-bond donors (Lipinski definition) is 1. The highest BCUT2D eigenvalue weighted by Gasteiger charge is 2.20. The summed E-state index contributed by atoms with van der Waals surface area (Å²) < 4.78 is 4.09. The number of pyridine rings is 1. The van der Waals surface area contributed by atoms with E-state index in [4.69, 9.17) is 28.2 Å². The molecule has 0 saturated heterocycles. The van der Waals surface area contributed by atoms with Gasteiger partial charge in [-0.15, -0.1) is 10.2 Å². The van der Waals surface area contributed by atoms with Crippen molar-refractivity contribution in [2.45, 2.75) is 39.7 Å². The van der Waals surface area contributed by atoms with Crippen molar-refractivity contribution in [2.24, 2.45) is 0 Å². The third-order valence-electron chi connectivity index (χ3n) is 5.68. The van der Waals surface area contributed by atoms with Gasteiger partial charge in [-0.3, -0.25) is 0 Å². The lowest BCUT2D eigenvalue weighted by Crippen LogP contribution is -2.06. The van der Waals surface area contributed by atoms with Crippen LogP contribution in [-0.4, -0.2) is 39.7 Å². The molecule has 1 aromatic carbocycles. The molecule has 0 aliphatic carbocycles. The van der Waals surface area contributed by atoms with E-state index in [0.29, 0.717) is 28.1 Å². The summed E-state index contributed by atoms with van der Waals surface area (Å²) in [6.07, 6.45) is 6.74. The van der Waals surface area contributed by atoms with E-state index in [1.54, 1.807) is 6.20 Å². The van der Waals surface area contributed by atoms with Gasteiger partial charge in [0, 0.05) is 24.5 Å². The summed E-state index contributed by atoms with van der Waals surface area (Å²) in [4.78, 5) is 9.54. The molecular weight excluding hydrogens is 459 g/mol. The third kappa shape index (κ3) is 4.00.